The third-order valence-corrected chi connectivity index (χ3v) is 5.36. The third-order valence-electron chi connectivity index (χ3n) is 5.36. The van der Waals surface area contributed by atoms with E-state index in [1.54, 1.807) is 0 Å². The highest BCUT2D eigenvalue weighted by Gasteiger charge is 2.17. The number of rotatable bonds is 20. The topological polar surface area (TPSA) is 46.5 Å². The van der Waals surface area contributed by atoms with Gasteiger partial charge >= 0.3 is 5.97 Å². The minimum absolute atomic E-state index is 0.321. The summed E-state index contributed by atoms with van der Waals surface area (Å²) in [6, 6.07) is 0. The first-order chi connectivity index (χ1) is 12.6. The molecule has 2 atom stereocenters. The maximum absolute atomic E-state index is 10.5. The molecular weight excluding hydrogens is 324 g/mol. The molecule has 3 heteroatoms. The lowest BCUT2D eigenvalue weighted by Gasteiger charge is -2.25. The van der Waals surface area contributed by atoms with E-state index in [1.165, 1.54) is 83.5 Å². The van der Waals surface area contributed by atoms with Crippen molar-refractivity contribution in [3.63, 3.8) is 0 Å². The monoisotopic (exact) mass is 370 g/mol. The highest BCUT2D eigenvalue weighted by atomic mass is 16.5. The summed E-state index contributed by atoms with van der Waals surface area (Å²) in [4.78, 5) is 10.5. The largest absolute Gasteiger partial charge is 0.481 e. The van der Waals surface area contributed by atoms with Gasteiger partial charge in [0.2, 0.25) is 0 Å². The highest BCUT2D eigenvalue weighted by molar-refractivity contribution is 5.66. The zero-order chi connectivity index (χ0) is 19.5. The number of hydrogen-bond acceptors (Lipinski definition) is 2. The van der Waals surface area contributed by atoms with Crippen LogP contribution in [0.1, 0.15) is 124 Å². The molecule has 1 N–H and O–H groups in total. The van der Waals surface area contributed by atoms with Gasteiger partial charge in [-0.1, -0.05) is 91.4 Å². The summed E-state index contributed by atoms with van der Waals surface area (Å²) in [5.74, 6) is -0.0260. The molecule has 0 radical (unpaired) electrons. The minimum Gasteiger partial charge on any atom is -0.481 e. The quantitative estimate of drug-likeness (QED) is 0.227. The fourth-order valence-corrected chi connectivity index (χ4v) is 3.50. The zero-order valence-electron chi connectivity index (χ0n) is 17.9. The average Bonchev–Trinajstić information content (AvgIpc) is 2.61. The van der Waals surface area contributed by atoms with Crippen LogP contribution in [-0.4, -0.2) is 23.8 Å². The Morgan fingerprint density at radius 3 is 1.92 bits per heavy atom. The van der Waals surface area contributed by atoms with Crippen LogP contribution < -0.4 is 0 Å². The van der Waals surface area contributed by atoms with Gasteiger partial charge in [0, 0.05) is 13.0 Å². The molecule has 3 nitrogen and oxygen atoms in total. The second-order valence-electron chi connectivity index (χ2n) is 8.00. The van der Waals surface area contributed by atoms with Crippen LogP contribution in [0.4, 0.5) is 0 Å². The van der Waals surface area contributed by atoms with Crippen LogP contribution >= 0.6 is 0 Å². The molecule has 0 bridgehead atoms. The number of carboxylic acid groups (broad SMARTS) is 1. The van der Waals surface area contributed by atoms with Crippen molar-refractivity contribution in [3.8, 4) is 0 Å². The van der Waals surface area contributed by atoms with Crippen LogP contribution in [0.2, 0.25) is 0 Å². The van der Waals surface area contributed by atoms with E-state index in [0.717, 1.165) is 19.4 Å². The van der Waals surface area contributed by atoms with Gasteiger partial charge in [-0.15, -0.1) is 0 Å². The first-order valence-corrected chi connectivity index (χ1v) is 11.4. The third kappa shape index (κ3) is 16.9. The number of unbranched alkanes of at least 4 members (excludes halogenated alkanes) is 10. The molecule has 0 aromatic rings. The van der Waals surface area contributed by atoms with Crippen molar-refractivity contribution < 1.29 is 14.6 Å². The molecule has 0 saturated carbocycles. The Labute approximate surface area is 163 Å². The summed E-state index contributed by atoms with van der Waals surface area (Å²) in [7, 11) is 0. The van der Waals surface area contributed by atoms with E-state index in [9.17, 15) is 4.79 Å². The van der Waals surface area contributed by atoms with Crippen LogP contribution in [0.3, 0.4) is 0 Å². The summed E-state index contributed by atoms with van der Waals surface area (Å²) in [5.41, 5.74) is 0. The molecule has 156 valence electrons. The van der Waals surface area contributed by atoms with Crippen molar-refractivity contribution in [2.75, 3.05) is 6.61 Å². The fourth-order valence-electron chi connectivity index (χ4n) is 3.50. The molecule has 0 aliphatic heterocycles. The fraction of sp³-hybridized carbons (Fsp3) is 0.957. The van der Waals surface area contributed by atoms with E-state index in [1.807, 2.05) is 0 Å². The van der Waals surface area contributed by atoms with Gasteiger partial charge in [0.1, 0.15) is 0 Å². The number of ether oxygens (including phenoxy) is 1. The molecule has 26 heavy (non-hydrogen) atoms. The summed E-state index contributed by atoms with van der Waals surface area (Å²) >= 11 is 0. The molecule has 0 heterocycles. The lowest BCUT2D eigenvalue weighted by Crippen LogP contribution is -2.22. The molecule has 0 spiro atoms. The summed E-state index contributed by atoms with van der Waals surface area (Å²) in [6.07, 6.45) is 19.2. The molecule has 0 rings (SSSR count). The molecular formula is C23H46O3. The van der Waals surface area contributed by atoms with Gasteiger partial charge in [0.05, 0.1) is 6.10 Å². The van der Waals surface area contributed by atoms with Gasteiger partial charge < -0.3 is 9.84 Å². The number of carbonyl (C=O) groups is 1. The van der Waals surface area contributed by atoms with E-state index in [-0.39, 0.29) is 0 Å². The maximum Gasteiger partial charge on any atom is 0.303 e. The lowest BCUT2D eigenvalue weighted by molar-refractivity contribution is -0.137. The van der Waals surface area contributed by atoms with Crippen LogP contribution in [0.25, 0.3) is 0 Å². The second-order valence-corrected chi connectivity index (χ2v) is 8.00. The van der Waals surface area contributed by atoms with Crippen molar-refractivity contribution in [2.45, 2.75) is 130 Å². The smallest absolute Gasteiger partial charge is 0.303 e. The molecule has 0 saturated heterocycles. The molecule has 0 aromatic heterocycles. The highest BCUT2D eigenvalue weighted by Crippen LogP contribution is 2.22. The van der Waals surface area contributed by atoms with Crippen molar-refractivity contribution in [2.24, 2.45) is 5.92 Å². The van der Waals surface area contributed by atoms with E-state index in [0.29, 0.717) is 18.4 Å². The second kappa shape index (κ2) is 19.2. The van der Waals surface area contributed by atoms with E-state index < -0.39 is 5.97 Å². The van der Waals surface area contributed by atoms with Crippen molar-refractivity contribution in [3.05, 3.63) is 0 Å². The first kappa shape index (κ1) is 25.4. The molecule has 0 fully saturated rings. The first-order valence-electron chi connectivity index (χ1n) is 11.4. The number of carboxylic acids is 1. The Morgan fingerprint density at radius 2 is 1.31 bits per heavy atom. The number of hydrogen-bond donors (Lipinski definition) is 1. The van der Waals surface area contributed by atoms with E-state index in [2.05, 4.69) is 20.8 Å². The Bertz CT molecular complexity index is 304. The van der Waals surface area contributed by atoms with Crippen molar-refractivity contribution in [1.29, 1.82) is 0 Å². The van der Waals surface area contributed by atoms with Crippen molar-refractivity contribution >= 4 is 5.97 Å². The lowest BCUT2D eigenvalue weighted by atomic mass is 9.93. The van der Waals surface area contributed by atoms with Crippen molar-refractivity contribution in [1.82, 2.24) is 0 Å². The Hall–Kier alpha value is -0.570. The minimum atomic E-state index is -0.666. The molecule has 2 unspecified atom stereocenters. The van der Waals surface area contributed by atoms with Gasteiger partial charge in [0.15, 0.2) is 0 Å². The molecule has 0 aromatic carbocycles. The Balaban J connectivity index is 3.90. The van der Waals surface area contributed by atoms with Gasteiger partial charge in [-0.05, 0) is 31.6 Å². The SMILES string of the molecule is CCCCCCCCC(OCCCC)C(C)CCCCCCCC(=O)O. The van der Waals surface area contributed by atoms with Crippen LogP contribution in [0, 0.1) is 5.92 Å². The normalized spacial score (nSPS) is 13.7. The zero-order valence-corrected chi connectivity index (χ0v) is 17.9. The predicted molar refractivity (Wildman–Crippen MR) is 112 cm³/mol. The van der Waals surface area contributed by atoms with Gasteiger partial charge in [0.25, 0.3) is 0 Å². The van der Waals surface area contributed by atoms with Crippen LogP contribution in [0.5, 0.6) is 0 Å². The summed E-state index contributed by atoms with van der Waals surface area (Å²) < 4.78 is 6.23. The molecule has 0 aliphatic rings. The standard InChI is InChI=1S/C23H46O3/c1-4-6-8-9-12-15-18-22(26-20-7-5-2)21(3)17-14-11-10-13-16-19-23(24)25/h21-22H,4-20H2,1-3H3,(H,24,25). The molecule has 0 aliphatic carbocycles. The van der Waals surface area contributed by atoms with Gasteiger partial charge in [-0.3, -0.25) is 4.79 Å². The van der Waals surface area contributed by atoms with Crippen LogP contribution in [-0.2, 0) is 9.53 Å². The molecule has 0 amide bonds. The average molecular weight is 371 g/mol. The summed E-state index contributed by atoms with van der Waals surface area (Å²) in [6.45, 7) is 7.76. The van der Waals surface area contributed by atoms with Gasteiger partial charge in [-0.2, -0.15) is 0 Å². The van der Waals surface area contributed by atoms with E-state index in [4.69, 9.17) is 9.84 Å². The maximum atomic E-state index is 10.5. The Morgan fingerprint density at radius 1 is 0.769 bits per heavy atom. The number of aliphatic carboxylic acids is 1. The van der Waals surface area contributed by atoms with Crippen LogP contribution in [0.15, 0.2) is 0 Å². The van der Waals surface area contributed by atoms with E-state index >= 15 is 0 Å². The Kier molecular flexibility index (Phi) is 18.8. The summed E-state index contributed by atoms with van der Waals surface area (Å²) in [5, 5.41) is 8.66. The van der Waals surface area contributed by atoms with Gasteiger partial charge in [-0.25, -0.2) is 0 Å². The predicted octanol–water partition coefficient (Wildman–Crippen LogP) is 7.37.